The Kier molecular flexibility index (Phi) is 4.77. The summed E-state index contributed by atoms with van der Waals surface area (Å²) in [5.41, 5.74) is 1.50. The van der Waals surface area contributed by atoms with E-state index in [4.69, 9.17) is 0 Å². The van der Waals surface area contributed by atoms with Crippen molar-refractivity contribution in [1.29, 1.82) is 0 Å². The maximum Gasteiger partial charge on any atom is 0.337 e. The molecule has 0 aromatic heterocycles. The first-order chi connectivity index (χ1) is 9.52. The van der Waals surface area contributed by atoms with Gasteiger partial charge in [0.25, 0.3) is 0 Å². The molecular formula is C14H17BrN2O3. The molecule has 2 rings (SSSR count). The van der Waals surface area contributed by atoms with E-state index in [0.29, 0.717) is 12.1 Å². The van der Waals surface area contributed by atoms with E-state index in [-0.39, 0.29) is 17.9 Å². The molecule has 0 radical (unpaired) electrons. The fourth-order valence-corrected chi connectivity index (χ4v) is 2.70. The van der Waals surface area contributed by atoms with Crippen LogP contribution < -0.4 is 5.32 Å². The molecule has 0 spiro atoms. The molecule has 1 heterocycles. The van der Waals surface area contributed by atoms with Gasteiger partial charge in [0.2, 0.25) is 5.91 Å². The van der Waals surface area contributed by atoms with E-state index in [1.807, 2.05) is 13.1 Å². The molecule has 1 atom stereocenters. The molecule has 5 nitrogen and oxygen atoms in total. The van der Waals surface area contributed by atoms with Crippen LogP contribution in [-0.4, -0.2) is 43.5 Å². The second kappa shape index (κ2) is 6.37. The Balaban J connectivity index is 2.00. The zero-order chi connectivity index (χ0) is 14.7. The zero-order valence-corrected chi connectivity index (χ0v) is 13.1. The summed E-state index contributed by atoms with van der Waals surface area (Å²) in [4.78, 5) is 24.9. The zero-order valence-electron chi connectivity index (χ0n) is 11.5. The van der Waals surface area contributed by atoms with Crippen LogP contribution in [0.3, 0.4) is 0 Å². The largest absolute Gasteiger partial charge is 0.465 e. The second-order valence-electron chi connectivity index (χ2n) is 4.78. The Morgan fingerprint density at radius 2 is 2.30 bits per heavy atom. The van der Waals surface area contributed by atoms with Crippen molar-refractivity contribution in [3.63, 3.8) is 0 Å². The van der Waals surface area contributed by atoms with E-state index in [0.717, 1.165) is 23.0 Å². The van der Waals surface area contributed by atoms with Crippen molar-refractivity contribution < 1.29 is 14.3 Å². The van der Waals surface area contributed by atoms with E-state index in [9.17, 15) is 9.59 Å². The molecule has 1 aliphatic rings. The summed E-state index contributed by atoms with van der Waals surface area (Å²) < 4.78 is 5.50. The van der Waals surface area contributed by atoms with Crippen LogP contribution in [0.15, 0.2) is 22.7 Å². The number of likely N-dealkylation sites (N-methyl/N-ethyl adjacent to an activating group) is 1. The average molecular weight is 341 g/mol. The number of halogens is 1. The third-order valence-corrected chi connectivity index (χ3v) is 4.18. The van der Waals surface area contributed by atoms with Crippen molar-refractivity contribution in [1.82, 2.24) is 10.2 Å². The number of ether oxygens (including phenoxy) is 1. The maximum atomic E-state index is 11.8. The van der Waals surface area contributed by atoms with Crippen molar-refractivity contribution >= 4 is 27.8 Å². The molecule has 1 aromatic rings. The summed E-state index contributed by atoms with van der Waals surface area (Å²) >= 11 is 3.44. The van der Waals surface area contributed by atoms with Gasteiger partial charge in [0.15, 0.2) is 0 Å². The Morgan fingerprint density at radius 1 is 1.55 bits per heavy atom. The molecule has 0 saturated carbocycles. The van der Waals surface area contributed by atoms with Gasteiger partial charge >= 0.3 is 5.97 Å². The van der Waals surface area contributed by atoms with E-state index in [2.05, 4.69) is 26.0 Å². The van der Waals surface area contributed by atoms with Crippen LogP contribution in [0.2, 0.25) is 0 Å². The van der Waals surface area contributed by atoms with Gasteiger partial charge in [-0.3, -0.25) is 4.79 Å². The average Bonchev–Trinajstić information content (AvgIpc) is 2.76. The predicted molar refractivity (Wildman–Crippen MR) is 78.4 cm³/mol. The number of nitrogens with one attached hydrogen (secondary N) is 1. The fourth-order valence-electron chi connectivity index (χ4n) is 2.18. The van der Waals surface area contributed by atoms with Crippen molar-refractivity contribution in [2.24, 2.45) is 0 Å². The summed E-state index contributed by atoms with van der Waals surface area (Å²) in [6.07, 6.45) is 0.827. The lowest BCUT2D eigenvalue weighted by atomic mass is 10.1. The molecule has 1 N–H and O–H groups in total. The molecular weight excluding hydrogens is 324 g/mol. The van der Waals surface area contributed by atoms with Gasteiger partial charge in [-0.05, 0) is 24.1 Å². The predicted octanol–water partition coefficient (Wildman–Crippen LogP) is 1.56. The summed E-state index contributed by atoms with van der Waals surface area (Å²) in [7, 11) is 3.17. The number of carbonyl (C=O) groups is 2. The Bertz CT molecular complexity index is 533. The summed E-state index contributed by atoms with van der Waals surface area (Å²) in [5.74, 6) is -0.231. The summed E-state index contributed by atoms with van der Waals surface area (Å²) in [6.45, 7) is 1.37. The fraction of sp³-hybridized carbons (Fsp3) is 0.429. The number of rotatable bonds is 4. The number of nitrogens with zero attached hydrogens (tertiary/aromatic N) is 1. The van der Waals surface area contributed by atoms with Crippen molar-refractivity contribution in [2.75, 3.05) is 20.7 Å². The summed E-state index contributed by atoms with van der Waals surface area (Å²) in [5, 5.41) is 3.24. The number of likely N-dealkylation sites (tertiary alicyclic amines) is 1. The first-order valence-corrected chi connectivity index (χ1v) is 7.17. The van der Waals surface area contributed by atoms with Crippen LogP contribution in [-0.2, 0) is 16.1 Å². The van der Waals surface area contributed by atoms with Crippen LogP contribution in [0.1, 0.15) is 22.3 Å². The standard InChI is InChI=1S/C14H17BrN2O3/c1-17-6-5-12(13(17)18)16-8-10-4-3-9(7-11(10)15)14(19)20-2/h3-4,7,12,16H,5-6,8H2,1-2H3. The Hall–Kier alpha value is -1.40. The highest BCUT2D eigenvalue weighted by atomic mass is 79.9. The molecule has 1 aromatic carbocycles. The van der Waals surface area contributed by atoms with E-state index >= 15 is 0 Å². The highest BCUT2D eigenvalue weighted by Crippen LogP contribution is 2.20. The lowest BCUT2D eigenvalue weighted by Gasteiger charge is -2.13. The smallest absolute Gasteiger partial charge is 0.337 e. The van der Waals surface area contributed by atoms with Gasteiger partial charge in [-0.1, -0.05) is 22.0 Å². The minimum absolute atomic E-state index is 0.118. The third kappa shape index (κ3) is 3.19. The quantitative estimate of drug-likeness (QED) is 0.845. The highest BCUT2D eigenvalue weighted by molar-refractivity contribution is 9.10. The van der Waals surface area contributed by atoms with Gasteiger partial charge in [-0.2, -0.15) is 0 Å². The van der Waals surface area contributed by atoms with Crippen LogP contribution in [0, 0.1) is 0 Å². The van der Waals surface area contributed by atoms with Crippen LogP contribution in [0.25, 0.3) is 0 Å². The topological polar surface area (TPSA) is 58.6 Å². The number of amides is 1. The number of methoxy groups -OCH3 is 1. The van der Waals surface area contributed by atoms with Crippen molar-refractivity contribution in [3.8, 4) is 0 Å². The molecule has 1 amide bonds. The van der Waals surface area contributed by atoms with Gasteiger partial charge in [0.1, 0.15) is 0 Å². The number of carbonyl (C=O) groups excluding carboxylic acids is 2. The number of hydrogen-bond acceptors (Lipinski definition) is 4. The Morgan fingerprint density at radius 3 is 2.85 bits per heavy atom. The molecule has 6 heteroatoms. The number of benzene rings is 1. The van der Waals surface area contributed by atoms with Crippen LogP contribution >= 0.6 is 15.9 Å². The van der Waals surface area contributed by atoms with Crippen LogP contribution in [0.5, 0.6) is 0 Å². The second-order valence-corrected chi connectivity index (χ2v) is 5.63. The van der Waals surface area contributed by atoms with E-state index in [1.165, 1.54) is 7.11 Å². The lowest BCUT2D eigenvalue weighted by molar-refractivity contribution is -0.128. The van der Waals surface area contributed by atoms with Crippen LogP contribution in [0.4, 0.5) is 0 Å². The molecule has 1 unspecified atom stereocenters. The molecule has 108 valence electrons. The highest BCUT2D eigenvalue weighted by Gasteiger charge is 2.28. The molecule has 20 heavy (non-hydrogen) atoms. The van der Waals surface area contributed by atoms with Gasteiger partial charge in [0.05, 0.1) is 18.7 Å². The van der Waals surface area contributed by atoms with E-state index < -0.39 is 0 Å². The van der Waals surface area contributed by atoms with Crippen molar-refractivity contribution in [2.45, 2.75) is 19.0 Å². The normalized spacial score (nSPS) is 18.4. The van der Waals surface area contributed by atoms with Gasteiger partial charge in [0, 0.05) is 24.6 Å². The van der Waals surface area contributed by atoms with E-state index in [1.54, 1.807) is 17.0 Å². The monoisotopic (exact) mass is 340 g/mol. The summed E-state index contributed by atoms with van der Waals surface area (Å²) in [6, 6.07) is 5.18. The lowest BCUT2D eigenvalue weighted by Crippen LogP contribution is -2.36. The molecule has 0 aliphatic carbocycles. The van der Waals surface area contributed by atoms with Crippen molar-refractivity contribution in [3.05, 3.63) is 33.8 Å². The minimum Gasteiger partial charge on any atom is -0.465 e. The maximum absolute atomic E-state index is 11.8. The number of esters is 1. The Labute approximate surface area is 126 Å². The van der Waals surface area contributed by atoms with Gasteiger partial charge < -0.3 is 15.0 Å². The van der Waals surface area contributed by atoms with Gasteiger partial charge in [-0.25, -0.2) is 4.79 Å². The van der Waals surface area contributed by atoms with Gasteiger partial charge in [-0.15, -0.1) is 0 Å². The molecule has 1 saturated heterocycles. The molecule has 0 bridgehead atoms. The third-order valence-electron chi connectivity index (χ3n) is 3.44. The first-order valence-electron chi connectivity index (χ1n) is 6.38. The number of hydrogen-bond donors (Lipinski definition) is 1. The molecule has 1 fully saturated rings. The SMILES string of the molecule is COC(=O)c1ccc(CNC2CCN(C)C2=O)c(Br)c1. The first kappa shape index (κ1) is 15.0. The minimum atomic E-state index is -0.363. The molecule has 1 aliphatic heterocycles.